The van der Waals surface area contributed by atoms with Crippen LogP contribution in [0.15, 0.2) is 133 Å². The maximum atomic E-state index is 2.52. The largest absolute Gasteiger partial charge is 0.0587 e. The van der Waals surface area contributed by atoms with E-state index in [4.69, 9.17) is 0 Å². The van der Waals surface area contributed by atoms with Gasteiger partial charge in [-0.2, -0.15) is 0 Å². The molecule has 0 heteroatoms. The summed E-state index contributed by atoms with van der Waals surface area (Å²) < 4.78 is 0. The van der Waals surface area contributed by atoms with Gasteiger partial charge in [0.05, 0.1) is 0 Å². The van der Waals surface area contributed by atoms with Gasteiger partial charge in [-0.05, 0) is 146 Å². The fraction of sp³-hybridized carbons (Fsp3) is 0.300. The maximum Gasteiger partial charge on any atom is -0.000139 e. The second-order valence-electron chi connectivity index (χ2n) is 19.3. The smallest absolute Gasteiger partial charge is 0.000139 e. The lowest BCUT2D eigenvalue weighted by Gasteiger charge is -2.27. The third-order valence-corrected chi connectivity index (χ3v) is 13.2. The van der Waals surface area contributed by atoms with E-state index in [0.29, 0.717) is 35.5 Å². The van der Waals surface area contributed by atoms with Crippen LogP contribution in [0.5, 0.6) is 0 Å². The summed E-state index contributed by atoms with van der Waals surface area (Å²) in [5.74, 6) is 2.58. The molecular formula is C60H64. The topological polar surface area (TPSA) is 0 Å². The Morgan fingerprint density at radius 2 is 0.417 bits per heavy atom. The predicted molar refractivity (Wildman–Crippen MR) is 265 cm³/mol. The summed E-state index contributed by atoms with van der Waals surface area (Å²) in [4.78, 5) is 0. The van der Waals surface area contributed by atoms with Crippen molar-refractivity contribution in [1.82, 2.24) is 0 Å². The van der Waals surface area contributed by atoms with E-state index in [1.54, 1.807) is 0 Å². The molecule has 0 nitrogen and oxygen atoms in total. The highest BCUT2D eigenvalue weighted by molar-refractivity contribution is 6.34. The van der Waals surface area contributed by atoms with Crippen LogP contribution in [0.1, 0.15) is 152 Å². The monoisotopic (exact) mass is 785 g/mol. The van der Waals surface area contributed by atoms with Crippen LogP contribution in [0, 0.1) is 0 Å². The first kappa shape index (κ1) is 41.3. The third kappa shape index (κ3) is 7.49. The Balaban J connectivity index is 1.72. The lowest BCUT2D eigenvalue weighted by Crippen LogP contribution is -2.00. The van der Waals surface area contributed by atoms with E-state index < -0.39 is 0 Å². The zero-order valence-corrected chi connectivity index (χ0v) is 38.2. The van der Waals surface area contributed by atoms with Gasteiger partial charge in [0, 0.05) is 0 Å². The van der Waals surface area contributed by atoms with Gasteiger partial charge in [0.15, 0.2) is 0 Å². The highest BCUT2D eigenvalue weighted by Crippen LogP contribution is 2.54. The summed E-state index contributed by atoms with van der Waals surface area (Å²) in [6.07, 6.45) is 0. The van der Waals surface area contributed by atoms with Gasteiger partial charge >= 0.3 is 0 Å². The summed E-state index contributed by atoms with van der Waals surface area (Å²) in [6.45, 7) is 27.6. The average molecular weight is 785 g/mol. The second-order valence-corrected chi connectivity index (χ2v) is 19.3. The Bertz CT molecular complexity index is 2610. The second kappa shape index (κ2) is 16.5. The van der Waals surface area contributed by atoms with Crippen LogP contribution < -0.4 is 0 Å². The van der Waals surface area contributed by atoms with Crippen LogP contribution in [0.2, 0.25) is 0 Å². The van der Waals surface area contributed by atoms with Crippen molar-refractivity contribution in [3.63, 3.8) is 0 Å². The fourth-order valence-electron chi connectivity index (χ4n) is 9.32. The van der Waals surface area contributed by atoms with Crippen molar-refractivity contribution < 1.29 is 0 Å². The van der Waals surface area contributed by atoms with Crippen LogP contribution in [0.4, 0.5) is 0 Å². The summed E-state index contributed by atoms with van der Waals surface area (Å²) in [5, 5.41) is 7.88. The lowest BCUT2D eigenvalue weighted by molar-refractivity contribution is 0.867. The van der Waals surface area contributed by atoms with Gasteiger partial charge < -0.3 is 0 Å². The molecule has 0 atom stereocenters. The van der Waals surface area contributed by atoms with Gasteiger partial charge in [-0.25, -0.2) is 0 Å². The minimum atomic E-state index is 0.388. The van der Waals surface area contributed by atoms with E-state index in [0.717, 1.165) is 0 Å². The van der Waals surface area contributed by atoms with Crippen molar-refractivity contribution in [1.29, 1.82) is 0 Å². The van der Waals surface area contributed by atoms with Crippen LogP contribution in [-0.2, 0) is 0 Å². The number of fused-ring (bicyclic) bond motifs is 3. The highest BCUT2D eigenvalue weighted by atomic mass is 14.3. The molecule has 8 rings (SSSR count). The van der Waals surface area contributed by atoms with Crippen LogP contribution >= 0.6 is 0 Å². The molecule has 304 valence electrons. The van der Waals surface area contributed by atoms with Gasteiger partial charge in [-0.3, -0.25) is 0 Å². The first-order valence-electron chi connectivity index (χ1n) is 22.7. The SMILES string of the molecule is CC(C)c1ccc(-c2c3ccc(C(C)C)cc3c(-c3ccc(C(C)C)cc3)c3c(-c4ccc(C(C)C)cc4)c4ccc(C(C)C)cc4c(-c4ccc(C(C)C)cc4)c23)cc1. The molecule has 0 amide bonds. The molecule has 8 aromatic rings. The molecule has 0 unspecified atom stereocenters. The molecule has 0 saturated heterocycles. The Labute approximate surface area is 360 Å². The first-order chi connectivity index (χ1) is 28.7. The predicted octanol–water partition coefficient (Wildman–Crippen LogP) is 18.6. The zero-order valence-electron chi connectivity index (χ0n) is 38.2. The molecule has 0 fully saturated rings. The zero-order chi connectivity index (χ0) is 42.6. The van der Waals surface area contributed by atoms with E-state index in [-0.39, 0.29) is 0 Å². The maximum absolute atomic E-state index is 2.52. The average Bonchev–Trinajstić information content (AvgIpc) is 3.24. The normalized spacial score (nSPS) is 12.2. The molecule has 0 saturated carbocycles. The molecule has 0 spiro atoms. The molecule has 0 bridgehead atoms. The summed E-state index contributed by atoms with van der Waals surface area (Å²) in [6, 6.07) is 52.8. The Morgan fingerprint density at radius 1 is 0.217 bits per heavy atom. The van der Waals surface area contributed by atoms with Crippen LogP contribution in [-0.4, -0.2) is 0 Å². The molecule has 0 heterocycles. The minimum absolute atomic E-state index is 0.388. The van der Waals surface area contributed by atoms with E-state index in [1.807, 2.05) is 0 Å². The Hall–Kier alpha value is -5.46. The fourth-order valence-corrected chi connectivity index (χ4v) is 9.32. The number of hydrogen-bond donors (Lipinski definition) is 0. The van der Waals surface area contributed by atoms with Crippen molar-refractivity contribution in [2.45, 2.75) is 119 Å². The minimum Gasteiger partial charge on any atom is -0.0587 e. The van der Waals surface area contributed by atoms with Crippen molar-refractivity contribution in [3.8, 4) is 44.5 Å². The summed E-state index contributed by atoms with van der Waals surface area (Å²) in [7, 11) is 0. The first-order valence-corrected chi connectivity index (χ1v) is 22.7. The standard InChI is InChI=1S/C60H64/c1-35(2)41-13-21-45(22-14-41)55-51-31-29-49(39(9)10)33-53(51)58(48-27-19-44(20-28-48)38(7)8)60-56(46-23-15-42(16-24-46)36(3)4)52-32-30-50(40(11)12)34-54(52)57(59(55)60)47-25-17-43(18-26-47)37(5)6/h13-40H,1-12H3. The van der Waals surface area contributed by atoms with E-state index in [9.17, 15) is 0 Å². The van der Waals surface area contributed by atoms with E-state index in [2.05, 4.69) is 217 Å². The Morgan fingerprint density at radius 3 is 0.633 bits per heavy atom. The molecule has 0 aliphatic heterocycles. The van der Waals surface area contributed by atoms with Gasteiger partial charge in [0.25, 0.3) is 0 Å². The molecule has 0 aliphatic rings. The number of hydrogen-bond acceptors (Lipinski definition) is 0. The van der Waals surface area contributed by atoms with Crippen molar-refractivity contribution in [2.24, 2.45) is 0 Å². The molecule has 0 N–H and O–H groups in total. The van der Waals surface area contributed by atoms with Crippen molar-refractivity contribution >= 4 is 32.3 Å². The molecule has 60 heavy (non-hydrogen) atoms. The van der Waals surface area contributed by atoms with E-state index >= 15 is 0 Å². The van der Waals surface area contributed by atoms with Gasteiger partial charge in [-0.15, -0.1) is 0 Å². The molecule has 8 aromatic carbocycles. The molecular weight excluding hydrogens is 721 g/mol. The molecule has 0 aliphatic carbocycles. The molecule has 0 aromatic heterocycles. The van der Waals surface area contributed by atoms with E-state index in [1.165, 1.54) is 110 Å². The molecule has 0 radical (unpaired) electrons. The van der Waals surface area contributed by atoms with Gasteiger partial charge in [0.2, 0.25) is 0 Å². The Kier molecular flexibility index (Phi) is 11.4. The highest BCUT2D eigenvalue weighted by Gasteiger charge is 2.27. The van der Waals surface area contributed by atoms with Crippen LogP contribution in [0.3, 0.4) is 0 Å². The van der Waals surface area contributed by atoms with Gasteiger partial charge in [-0.1, -0.05) is 217 Å². The summed E-state index contributed by atoms with van der Waals surface area (Å²) in [5.41, 5.74) is 18.5. The van der Waals surface area contributed by atoms with Crippen molar-refractivity contribution in [2.75, 3.05) is 0 Å². The van der Waals surface area contributed by atoms with Gasteiger partial charge in [0.1, 0.15) is 0 Å². The third-order valence-electron chi connectivity index (χ3n) is 13.2. The number of benzene rings is 8. The summed E-state index contributed by atoms with van der Waals surface area (Å²) >= 11 is 0. The quantitative estimate of drug-likeness (QED) is 0.121. The van der Waals surface area contributed by atoms with Crippen molar-refractivity contribution in [3.05, 3.63) is 167 Å². The lowest BCUT2D eigenvalue weighted by atomic mass is 9.76. The number of rotatable bonds is 10. The van der Waals surface area contributed by atoms with Crippen LogP contribution in [0.25, 0.3) is 76.8 Å².